The Labute approximate surface area is 237 Å². The van der Waals surface area contributed by atoms with E-state index >= 15 is 0 Å². The van der Waals surface area contributed by atoms with Gasteiger partial charge in [-0.15, -0.1) is 0 Å². The third-order valence-corrected chi connectivity index (χ3v) is 7.83. The molecule has 7 heteroatoms. The van der Waals surface area contributed by atoms with Crippen LogP contribution in [-0.4, -0.2) is 48.9 Å². The van der Waals surface area contributed by atoms with Crippen LogP contribution in [0.2, 0.25) is 0 Å². The van der Waals surface area contributed by atoms with E-state index in [9.17, 15) is 22.8 Å². The fourth-order valence-electron chi connectivity index (χ4n) is 6.04. The molecule has 0 atom stereocenters. The van der Waals surface area contributed by atoms with E-state index in [4.69, 9.17) is 0 Å². The van der Waals surface area contributed by atoms with E-state index in [0.29, 0.717) is 12.8 Å². The third kappa shape index (κ3) is 8.42. The Morgan fingerprint density at radius 1 is 0.925 bits per heavy atom. The SMILES string of the molecule is CC(=O)CC(C)(C)C.CC1CCN(CCCCC2(C(=O)NCC(F)(F)F)c3ccccc3-c3ccccc32)CC1. The van der Waals surface area contributed by atoms with Crippen LogP contribution in [0.15, 0.2) is 48.5 Å². The van der Waals surface area contributed by atoms with Gasteiger partial charge in [0.15, 0.2) is 0 Å². The number of unbranched alkanes of at least 4 members (excludes halogenated alkanes) is 1. The van der Waals surface area contributed by atoms with E-state index < -0.39 is 24.0 Å². The van der Waals surface area contributed by atoms with E-state index in [0.717, 1.165) is 60.6 Å². The van der Waals surface area contributed by atoms with Crippen LogP contribution in [0, 0.1) is 11.3 Å². The van der Waals surface area contributed by atoms with Crippen LogP contribution in [0.5, 0.6) is 0 Å². The number of carbonyl (C=O) groups excluding carboxylic acids is 2. The molecule has 0 bridgehead atoms. The van der Waals surface area contributed by atoms with Gasteiger partial charge in [-0.1, -0.05) is 82.6 Å². The summed E-state index contributed by atoms with van der Waals surface area (Å²) in [5, 5.41) is 2.21. The van der Waals surface area contributed by atoms with E-state index in [1.807, 2.05) is 48.5 Å². The first-order chi connectivity index (χ1) is 18.7. The number of rotatable bonds is 8. The van der Waals surface area contributed by atoms with Crippen LogP contribution in [0.25, 0.3) is 11.1 Å². The van der Waals surface area contributed by atoms with Crippen molar-refractivity contribution >= 4 is 11.7 Å². The first-order valence-corrected chi connectivity index (χ1v) is 14.5. The molecule has 40 heavy (non-hydrogen) atoms. The number of nitrogens with one attached hydrogen (secondary N) is 1. The van der Waals surface area contributed by atoms with E-state index in [1.165, 1.54) is 12.8 Å². The Bertz CT molecular complexity index is 1100. The zero-order valence-electron chi connectivity index (χ0n) is 24.7. The molecule has 2 aromatic rings. The van der Waals surface area contributed by atoms with Gasteiger partial charge in [-0.3, -0.25) is 4.79 Å². The van der Waals surface area contributed by atoms with Crippen LogP contribution in [0.4, 0.5) is 13.2 Å². The Morgan fingerprint density at radius 2 is 1.45 bits per heavy atom. The zero-order chi connectivity index (χ0) is 29.6. The Balaban J connectivity index is 0.000000482. The molecule has 4 nitrogen and oxygen atoms in total. The van der Waals surface area contributed by atoms with E-state index in [1.54, 1.807) is 6.92 Å². The predicted octanol–water partition coefficient (Wildman–Crippen LogP) is 7.55. The second-order valence-electron chi connectivity index (χ2n) is 12.7. The molecule has 0 aromatic heterocycles. The van der Waals surface area contributed by atoms with Crippen molar-refractivity contribution in [3.8, 4) is 11.1 Å². The normalized spacial score (nSPS) is 16.9. The number of nitrogens with zero attached hydrogens (tertiary/aromatic N) is 1. The van der Waals surface area contributed by atoms with Crippen LogP contribution >= 0.6 is 0 Å². The number of ketones is 1. The number of carbonyl (C=O) groups is 2. The quantitative estimate of drug-likeness (QED) is 0.341. The molecule has 1 aliphatic carbocycles. The van der Waals surface area contributed by atoms with Gasteiger partial charge in [0.05, 0.1) is 0 Å². The highest BCUT2D eigenvalue weighted by Gasteiger charge is 2.49. The number of amides is 1. The lowest BCUT2D eigenvalue weighted by Crippen LogP contribution is -2.47. The fraction of sp³-hybridized carbons (Fsp3) is 0.576. The average Bonchev–Trinajstić information content (AvgIpc) is 3.16. The summed E-state index contributed by atoms with van der Waals surface area (Å²) in [6.45, 7) is 12.0. The van der Waals surface area contributed by atoms with Crippen molar-refractivity contribution < 1.29 is 22.8 Å². The lowest BCUT2D eigenvalue weighted by molar-refractivity contribution is -0.141. The van der Waals surface area contributed by atoms with Crippen LogP contribution in [0.3, 0.4) is 0 Å². The van der Waals surface area contributed by atoms with Crippen LogP contribution in [0.1, 0.15) is 84.3 Å². The van der Waals surface area contributed by atoms with E-state index in [-0.39, 0.29) is 11.2 Å². The number of hydrogen-bond acceptors (Lipinski definition) is 3. The number of halogens is 3. The standard InChI is InChI=1S/C26H31F3N2O.C7H14O/c1-19-12-16-31(17-13-19)15-7-6-14-25(24(32)30-18-26(27,28)29)22-10-4-2-8-20(22)21-9-3-5-11-23(21)25;1-6(8)5-7(2,3)4/h2-5,8-11,19H,6-7,12-18H2,1H3,(H,30,32);5H2,1-4H3. The maximum absolute atomic E-state index is 13.4. The molecule has 0 saturated carbocycles. The summed E-state index contributed by atoms with van der Waals surface area (Å²) in [6.07, 6.45) is 0.859. The lowest BCUT2D eigenvalue weighted by Gasteiger charge is -2.32. The molecular formula is C33H45F3N2O2. The van der Waals surface area contributed by atoms with Gasteiger partial charge in [-0.2, -0.15) is 13.2 Å². The first-order valence-electron chi connectivity index (χ1n) is 14.5. The summed E-state index contributed by atoms with van der Waals surface area (Å²) < 4.78 is 38.8. The molecule has 1 aliphatic heterocycles. The second kappa shape index (κ2) is 13.3. The van der Waals surface area contributed by atoms with Crippen LogP contribution in [-0.2, 0) is 15.0 Å². The summed E-state index contributed by atoms with van der Waals surface area (Å²) >= 11 is 0. The number of benzene rings is 2. The average molecular weight is 559 g/mol. The smallest absolute Gasteiger partial charge is 0.346 e. The Hall–Kier alpha value is -2.67. The molecule has 4 rings (SSSR count). The number of piperidine rings is 1. The van der Waals surface area contributed by atoms with Gasteiger partial charge in [0.2, 0.25) is 5.91 Å². The molecule has 220 valence electrons. The molecule has 1 saturated heterocycles. The van der Waals surface area contributed by atoms with Crippen molar-refractivity contribution in [2.24, 2.45) is 11.3 Å². The van der Waals surface area contributed by atoms with Crippen molar-refractivity contribution in [2.75, 3.05) is 26.2 Å². The summed E-state index contributed by atoms with van der Waals surface area (Å²) in [7, 11) is 0. The second-order valence-corrected chi connectivity index (χ2v) is 12.7. The number of alkyl halides is 3. The highest BCUT2D eigenvalue weighted by Crippen LogP contribution is 2.51. The molecular weight excluding hydrogens is 513 g/mol. The third-order valence-electron chi connectivity index (χ3n) is 7.83. The van der Waals surface area contributed by atoms with Gasteiger partial charge in [0.25, 0.3) is 0 Å². The maximum atomic E-state index is 13.4. The molecule has 0 spiro atoms. The zero-order valence-corrected chi connectivity index (χ0v) is 24.7. The predicted molar refractivity (Wildman–Crippen MR) is 155 cm³/mol. The van der Waals surface area contributed by atoms with Gasteiger partial charge in [-0.25, -0.2) is 0 Å². The number of Topliss-reactive ketones (excluding diaryl/α,β-unsaturated/α-hetero) is 1. The van der Waals surface area contributed by atoms with Crippen molar-refractivity contribution in [1.29, 1.82) is 0 Å². The monoisotopic (exact) mass is 558 g/mol. The highest BCUT2D eigenvalue weighted by molar-refractivity contribution is 6.00. The maximum Gasteiger partial charge on any atom is 0.405 e. The first kappa shape index (κ1) is 31.9. The minimum absolute atomic E-state index is 0.172. The summed E-state index contributed by atoms with van der Waals surface area (Å²) in [5.41, 5.74) is 2.59. The molecule has 2 aromatic carbocycles. The van der Waals surface area contributed by atoms with Gasteiger partial charge in [-0.05, 0) is 85.8 Å². The van der Waals surface area contributed by atoms with Gasteiger partial charge in [0.1, 0.15) is 17.7 Å². The number of fused-ring (bicyclic) bond motifs is 3. The van der Waals surface area contributed by atoms with Crippen molar-refractivity contribution in [2.45, 2.75) is 84.7 Å². The Kier molecular flexibility index (Phi) is 10.6. The Morgan fingerprint density at radius 3 is 1.90 bits per heavy atom. The topological polar surface area (TPSA) is 49.4 Å². The summed E-state index contributed by atoms with van der Waals surface area (Å²) in [4.78, 5) is 26.4. The molecule has 1 N–H and O–H groups in total. The van der Waals surface area contributed by atoms with Crippen LogP contribution < -0.4 is 5.32 Å². The molecule has 1 amide bonds. The van der Waals surface area contributed by atoms with Gasteiger partial charge < -0.3 is 15.0 Å². The molecule has 0 radical (unpaired) electrons. The highest BCUT2D eigenvalue weighted by atomic mass is 19.4. The molecule has 1 fully saturated rings. The van der Waals surface area contributed by atoms with Gasteiger partial charge in [0, 0.05) is 6.42 Å². The lowest BCUT2D eigenvalue weighted by atomic mass is 9.73. The minimum atomic E-state index is -4.44. The van der Waals surface area contributed by atoms with Crippen molar-refractivity contribution in [3.05, 3.63) is 59.7 Å². The fourth-order valence-corrected chi connectivity index (χ4v) is 6.04. The number of likely N-dealkylation sites (tertiary alicyclic amines) is 1. The number of hydrogen-bond donors (Lipinski definition) is 1. The van der Waals surface area contributed by atoms with Crippen molar-refractivity contribution in [3.63, 3.8) is 0 Å². The van der Waals surface area contributed by atoms with Gasteiger partial charge >= 0.3 is 6.18 Å². The molecule has 1 heterocycles. The molecule has 0 unspecified atom stereocenters. The summed E-state index contributed by atoms with van der Waals surface area (Å²) in [5.74, 6) is 0.495. The summed E-state index contributed by atoms with van der Waals surface area (Å²) in [6, 6.07) is 15.3. The van der Waals surface area contributed by atoms with Crippen molar-refractivity contribution in [1.82, 2.24) is 10.2 Å². The minimum Gasteiger partial charge on any atom is -0.346 e. The largest absolute Gasteiger partial charge is 0.405 e. The molecule has 2 aliphatic rings. The van der Waals surface area contributed by atoms with E-state index in [2.05, 4.69) is 37.9 Å².